The number of benzene rings is 2. The van der Waals surface area contributed by atoms with Gasteiger partial charge in [0.1, 0.15) is 11.6 Å². The summed E-state index contributed by atoms with van der Waals surface area (Å²) in [7, 11) is 0. The van der Waals surface area contributed by atoms with Crippen molar-refractivity contribution in [1.82, 2.24) is 9.66 Å². The molecule has 0 radical (unpaired) electrons. The highest BCUT2D eigenvalue weighted by Gasteiger charge is 2.17. The molecule has 1 heterocycles. The Morgan fingerprint density at radius 2 is 1.88 bits per heavy atom. The molecule has 3 aromatic rings. The lowest BCUT2D eigenvalue weighted by Gasteiger charge is -2.17. The Labute approximate surface area is 149 Å². The standard InChI is InChI=1S/C18H16ClN3O3/c1-11(25-14-9-7-13(19)8-10-14)17(23)21-22-12(2)20-16-6-4-3-5-15(16)18(22)24/h3-11H,1-2H3,(H,21,23)/t11-/m1/s1. The van der Waals surface area contributed by atoms with Gasteiger partial charge in [-0.05, 0) is 50.2 Å². The van der Waals surface area contributed by atoms with Crippen LogP contribution in [0.25, 0.3) is 10.9 Å². The zero-order valence-corrected chi connectivity index (χ0v) is 14.4. The number of amides is 1. The number of fused-ring (bicyclic) bond motifs is 1. The second kappa shape index (κ2) is 6.94. The van der Waals surface area contributed by atoms with Crippen LogP contribution in [0.5, 0.6) is 5.75 Å². The number of para-hydroxylation sites is 1. The van der Waals surface area contributed by atoms with Gasteiger partial charge in [0.2, 0.25) is 0 Å². The van der Waals surface area contributed by atoms with E-state index in [1.807, 2.05) is 0 Å². The van der Waals surface area contributed by atoms with E-state index in [0.29, 0.717) is 27.5 Å². The molecule has 2 aromatic carbocycles. The average Bonchev–Trinajstić information content (AvgIpc) is 2.60. The van der Waals surface area contributed by atoms with Crippen LogP contribution < -0.4 is 15.7 Å². The first-order valence-electron chi connectivity index (χ1n) is 7.67. The van der Waals surface area contributed by atoms with Crippen LogP contribution in [0, 0.1) is 6.92 Å². The lowest BCUT2D eigenvalue weighted by Crippen LogP contribution is -2.41. The minimum Gasteiger partial charge on any atom is -0.481 e. The van der Waals surface area contributed by atoms with Crippen molar-refractivity contribution in [2.24, 2.45) is 0 Å². The number of hydrogen-bond acceptors (Lipinski definition) is 4. The van der Waals surface area contributed by atoms with Crippen LogP contribution in [-0.4, -0.2) is 21.7 Å². The Bertz CT molecular complexity index is 983. The predicted molar refractivity (Wildman–Crippen MR) is 96.6 cm³/mol. The smallest absolute Gasteiger partial charge is 0.280 e. The molecule has 0 saturated carbocycles. The van der Waals surface area contributed by atoms with Crippen LogP contribution >= 0.6 is 11.6 Å². The minimum atomic E-state index is -0.807. The van der Waals surface area contributed by atoms with E-state index in [2.05, 4.69) is 10.4 Å². The maximum atomic E-state index is 12.6. The van der Waals surface area contributed by atoms with Crippen molar-refractivity contribution in [2.45, 2.75) is 20.0 Å². The van der Waals surface area contributed by atoms with E-state index in [4.69, 9.17) is 16.3 Å². The summed E-state index contributed by atoms with van der Waals surface area (Å²) >= 11 is 5.82. The molecule has 1 N–H and O–H groups in total. The summed E-state index contributed by atoms with van der Waals surface area (Å²) in [5.41, 5.74) is 2.80. The van der Waals surface area contributed by atoms with Crippen LogP contribution in [-0.2, 0) is 4.79 Å². The highest BCUT2D eigenvalue weighted by atomic mass is 35.5. The first-order chi connectivity index (χ1) is 12.0. The number of nitrogens with one attached hydrogen (secondary N) is 1. The monoisotopic (exact) mass is 357 g/mol. The molecule has 1 amide bonds. The molecule has 0 aliphatic carbocycles. The zero-order chi connectivity index (χ0) is 18.0. The Hall–Kier alpha value is -2.86. The predicted octanol–water partition coefficient (Wildman–Crippen LogP) is 2.90. The third kappa shape index (κ3) is 3.64. The number of aryl methyl sites for hydroxylation is 1. The molecule has 0 unspecified atom stereocenters. The van der Waals surface area contributed by atoms with Crippen LogP contribution in [0.4, 0.5) is 0 Å². The zero-order valence-electron chi connectivity index (χ0n) is 13.7. The summed E-state index contributed by atoms with van der Waals surface area (Å²) in [6.45, 7) is 3.25. The fourth-order valence-corrected chi connectivity index (χ4v) is 2.47. The number of carbonyl (C=O) groups excluding carboxylic acids is 1. The second-order valence-corrected chi connectivity index (χ2v) is 5.94. The van der Waals surface area contributed by atoms with Crippen molar-refractivity contribution < 1.29 is 9.53 Å². The van der Waals surface area contributed by atoms with E-state index in [9.17, 15) is 9.59 Å². The van der Waals surface area contributed by atoms with Crippen LogP contribution in [0.1, 0.15) is 12.7 Å². The van der Waals surface area contributed by atoms with E-state index in [0.717, 1.165) is 4.68 Å². The highest BCUT2D eigenvalue weighted by Crippen LogP contribution is 2.17. The lowest BCUT2D eigenvalue weighted by molar-refractivity contribution is -0.123. The molecule has 3 rings (SSSR count). The van der Waals surface area contributed by atoms with Gasteiger partial charge in [0.05, 0.1) is 10.9 Å². The number of hydrogen-bond donors (Lipinski definition) is 1. The van der Waals surface area contributed by atoms with Gasteiger partial charge in [-0.2, -0.15) is 0 Å². The van der Waals surface area contributed by atoms with Crippen molar-refractivity contribution in [3.8, 4) is 5.75 Å². The maximum absolute atomic E-state index is 12.6. The fraction of sp³-hybridized carbons (Fsp3) is 0.167. The quantitative estimate of drug-likeness (QED) is 0.779. The summed E-state index contributed by atoms with van der Waals surface area (Å²) in [6, 6.07) is 13.6. The number of nitrogens with zero attached hydrogens (tertiary/aromatic N) is 2. The van der Waals surface area contributed by atoms with Gasteiger partial charge in [0.15, 0.2) is 6.10 Å². The van der Waals surface area contributed by atoms with Gasteiger partial charge in [-0.15, -0.1) is 0 Å². The molecule has 0 spiro atoms. The molecule has 0 saturated heterocycles. The first kappa shape index (κ1) is 17.0. The Morgan fingerprint density at radius 3 is 2.60 bits per heavy atom. The number of carbonyl (C=O) groups is 1. The van der Waals surface area contributed by atoms with Gasteiger partial charge in [-0.1, -0.05) is 23.7 Å². The van der Waals surface area contributed by atoms with E-state index in [-0.39, 0.29) is 5.56 Å². The van der Waals surface area contributed by atoms with Crippen molar-refractivity contribution in [2.75, 3.05) is 5.43 Å². The van der Waals surface area contributed by atoms with Gasteiger partial charge in [-0.25, -0.2) is 9.66 Å². The molecule has 25 heavy (non-hydrogen) atoms. The van der Waals surface area contributed by atoms with Gasteiger partial charge in [0.25, 0.3) is 11.5 Å². The van der Waals surface area contributed by atoms with E-state index >= 15 is 0 Å². The number of rotatable bonds is 4. The molecular weight excluding hydrogens is 342 g/mol. The normalized spacial score (nSPS) is 12.0. The molecule has 0 aliphatic rings. The average molecular weight is 358 g/mol. The Balaban J connectivity index is 1.81. The van der Waals surface area contributed by atoms with Crippen molar-refractivity contribution in [3.05, 3.63) is 69.7 Å². The third-order valence-corrected chi connectivity index (χ3v) is 3.91. The van der Waals surface area contributed by atoms with Crippen LogP contribution in [0.2, 0.25) is 5.02 Å². The molecule has 1 aromatic heterocycles. The Kier molecular flexibility index (Phi) is 4.72. The van der Waals surface area contributed by atoms with Crippen LogP contribution in [0.3, 0.4) is 0 Å². The molecule has 7 heteroatoms. The van der Waals surface area contributed by atoms with Crippen LogP contribution in [0.15, 0.2) is 53.3 Å². The fourth-order valence-electron chi connectivity index (χ4n) is 2.35. The molecular formula is C18H16ClN3O3. The minimum absolute atomic E-state index is 0.338. The largest absolute Gasteiger partial charge is 0.481 e. The SMILES string of the molecule is Cc1nc2ccccc2c(=O)n1NC(=O)[C@@H](C)Oc1ccc(Cl)cc1. The van der Waals surface area contributed by atoms with Gasteiger partial charge >= 0.3 is 0 Å². The van der Waals surface area contributed by atoms with Crippen molar-refractivity contribution in [3.63, 3.8) is 0 Å². The topological polar surface area (TPSA) is 73.2 Å². The third-order valence-electron chi connectivity index (χ3n) is 3.66. The van der Waals surface area contributed by atoms with E-state index < -0.39 is 12.0 Å². The second-order valence-electron chi connectivity index (χ2n) is 5.51. The van der Waals surface area contributed by atoms with E-state index in [1.165, 1.54) is 0 Å². The summed E-state index contributed by atoms with van der Waals surface area (Å²) in [5, 5.41) is 1.01. The first-order valence-corrected chi connectivity index (χ1v) is 8.05. The number of aromatic nitrogens is 2. The molecule has 6 nitrogen and oxygen atoms in total. The Morgan fingerprint density at radius 1 is 1.20 bits per heavy atom. The molecule has 1 atom stereocenters. The molecule has 0 aliphatic heterocycles. The number of halogens is 1. The summed E-state index contributed by atoms with van der Waals surface area (Å²) in [5.74, 6) is 0.431. The molecule has 0 bridgehead atoms. The van der Waals surface area contributed by atoms with E-state index in [1.54, 1.807) is 62.4 Å². The van der Waals surface area contributed by atoms with Gasteiger partial charge in [-0.3, -0.25) is 15.0 Å². The van der Waals surface area contributed by atoms with Crippen molar-refractivity contribution >= 4 is 28.4 Å². The van der Waals surface area contributed by atoms with Gasteiger partial charge < -0.3 is 4.74 Å². The maximum Gasteiger partial charge on any atom is 0.280 e. The summed E-state index contributed by atoms with van der Waals surface area (Å²) in [4.78, 5) is 29.3. The lowest BCUT2D eigenvalue weighted by atomic mass is 10.2. The summed E-state index contributed by atoms with van der Waals surface area (Å²) < 4.78 is 6.70. The highest BCUT2D eigenvalue weighted by molar-refractivity contribution is 6.30. The number of ether oxygens (including phenoxy) is 1. The summed E-state index contributed by atoms with van der Waals surface area (Å²) in [6.07, 6.45) is -0.807. The molecule has 128 valence electrons. The van der Waals surface area contributed by atoms with Crippen molar-refractivity contribution in [1.29, 1.82) is 0 Å². The van der Waals surface area contributed by atoms with Gasteiger partial charge in [0, 0.05) is 5.02 Å². The molecule has 0 fully saturated rings.